The summed E-state index contributed by atoms with van der Waals surface area (Å²) < 4.78 is 5.20. The minimum atomic E-state index is -0.297. The number of pyridine rings is 1. The van der Waals surface area contributed by atoms with Crippen molar-refractivity contribution in [1.82, 2.24) is 9.88 Å². The molecule has 0 bridgehead atoms. The van der Waals surface area contributed by atoms with Crippen molar-refractivity contribution in [3.63, 3.8) is 0 Å². The lowest BCUT2D eigenvalue weighted by Gasteiger charge is -2.42. The first-order valence-corrected chi connectivity index (χ1v) is 7.43. The van der Waals surface area contributed by atoms with Crippen LogP contribution in [-0.2, 0) is 4.79 Å². The van der Waals surface area contributed by atoms with Gasteiger partial charge in [0.2, 0.25) is 11.8 Å². The highest BCUT2D eigenvalue weighted by Crippen LogP contribution is 2.35. The van der Waals surface area contributed by atoms with E-state index in [2.05, 4.69) is 4.98 Å². The van der Waals surface area contributed by atoms with Crippen LogP contribution >= 0.6 is 0 Å². The van der Waals surface area contributed by atoms with Crippen molar-refractivity contribution in [3.05, 3.63) is 23.9 Å². The SMILES string of the molecule is COc1cccc(C2C(N)CCCC(=O)N2C(C)(C)C)n1. The molecule has 1 aromatic heterocycles. The molecule has 1 fully saturated rings. The average Bonchev–Trinajstić information content (AvgIpc) is 2.57. The summed E-state index contributed by atoms with van der Waals surface area (Å²) in [7, 11) is 1.59. The Kier molecular flexibility index (Phi) is 4.52. The fraction of sp³-hybridized carbons (Fsp3) is 0.625. The monoisotopic (exact) mass is 291 g/mol. The summed E-state index contributed by atoms with van der Waals surface area (Å²) in [6.07, 6.45) is 2.19. The maximum Gasteiger partial charge on any atom is 0.223 e. The lowest BCUT2D eigenvalue weighted by atomic mass is 9.95. The molecule has 5 heteroatoms. The lowest BCUT2D eigenvalue weighted by Crippen LogP contribution is -2.51. The molecule has 0 saturated carbocycles. The summed E-state index contributed by atoms with van der Waals surface area (Å²) in [5.74, 6) is 0.690. The molecule has 0 aromatic carbocycles. The van der Waals surface area contributed by atoms with Crippen molar-refractivity contribution in [2.24, 2.45) is 5.73 Å². The van der Waals surface area contributed by atoms with Crippen LogP contribution in [0.5, 0.6) is 5.88 Å². The molecule has 2 heterocycles. The Balaban J connectivity index is 2.49. The minimum absolute atomic E-state index is 0.115. The third-order valence-corrected chi connectivity index (χ3v) is 3.86. The molecule has 0 radical (unpaired) electrons. The number of ether oxygens (including phenoxy) is 1. The molecular formula is C16H25N3O2. The van der Waals surface area contributed by atoms with E-state index >= 15 is 0 Å². The molecule has 0 spiro atoms. The molecule has 116 valence electrons. The second kappa shape index (κ2) is 6.02. The Morgan fingerprint density at radius 2 is 2.10 bits per heavy atom. The topological polar surface area (TPSA) is 68.5 Å². The number of hydrogen-bond acceptors (Lipinski definition) is 4. The van der Waals surface area contributed by atoms with E-state index in [9.17, 15) is 4.79 Å². The van der Waals surface area contributed by atoms with Crippen LogP contribution < -0.4 is 10.5 Å². The second-order valence-electron chi connectivity index (χ2n) is 6.54. The van der Waals surface area contributed by atoms with Crippen molar-refractivity contribution >= 4 is 5.91 Å². The normalized spacial score (nSPS) is 23.9. The van der Waals surface area contributed by atoms with E-state index in [-0.39, 0.29) is 23.5 Å². The molecule has 0 aliphatic carbocycles. The van der Waals surface area contributed by atoms with Gasteiger partial charge in [-0.2, -0.15) is 0 Å². The average molecular weight is 291 g/mol. The number of amides is 1. The summed E-state index contributed by atoms with van der Waals surface area (Å²) in [4.78, 5) is 19.0. The Bertz CT molecular complexity index is 510. The molecule has 2 unspecified atom stereocenters. The lowest BCUT2D eigenvalue weighted by molar-refractivity contribution is -0.139. The zero-order chi connectivity index (χ0) is 15.6. The quantitative estimate of drug-likeness (QED) is 0.907. The second-order valence-corrected chi connectivity index (χ2v) is 6.54. The predicted octanol–water partition coefficient (Wildman–Crippen LogP) is 2.27. The smallest absolute Gasteiger partial charge is 0.223 e. The van der Waals surface area contributed by atoms with E-state index in [1.54, 1.807) is 13.2 Å². The predicted molar refractivity (Wildman–Crippen MR) is 82.0 cm³/mol. The summed E-state index contributed by atoms with van der Waals surface area (Å²) in [5.41, 5.74) is 6.88. The van der Waals surface area contributed by atoms with Crippen molar-refractivity contribution < 1.29 is 9.53 Å². The van der Waals surface area contributed by atoms with E-state index in [0.29, 0.717) is 12.3 Å². The number of methoxy groups -OCH3 is 1. The van der Waals surface area contributed by atoms with E-state index in [0.717, 1.165) is 18.5 Å². The molecule has 1 aliphatic rings. The molecule has 1 aliphatic heterocycles. The number of carbonyl (C=O) groups is 1. The van der Waals surface area contributed by atoms with Crippen molar-refractivity contribution in [3.8, 4) is 5.88 Å². The van der Waals surface area contributed by atoms with Gasteiger partial charge >= 0.3 is 0 Å². The number of hydrogen-bond donors (Lipinski definition) is 1. The zero-order valence-corrected chi connectivity index (χ0v) is 13.3. The fourth-order valence-electron chi connectivity index (χ4n) is 2.97. The molecule has 5 nitrogen and oxygen atoms in total. The fourth-order valence-corrected chi connectivity index (χ4v) is 2.97. The molecule has 2 N–H and O–H groups in total. The third-order valence-electron chi connectivity index (χ3n) is 3.86. The van der Waals surface area contributed by atoms with Gasteiger partial charge in [0.1, 0.15) is 0 Å². The van der Waals surface area contributed by atoms with Gasteiger partial charge in [-0.05, 0) is 39.7 Å². The van der Waals surface area contributed by atoms with E-state index in [1.807, 2.05) is 37.8 Å². The highest BCUT2D eigenvalue weighted by molar-refractivity contribution is 5.78. The minimum Gasteiger partial charge on any atom is -0.481 e. The third kappa shape index (κ3) is 3.35. The van der Waals surface area contributed by atoms with Gasteiger partial charge < -0.3 is 15.4 Å². The number of nitrogens with zero attached hydrogens (tertiary/aromatic N) is 2. The van der Waals surface area contributed by atoms with Crippen LogP contribution in [0.15, 0.2) is 18.2 Å². The van der Waals surface area contributed by atoms with Gasteiger partial charge in [0.05, 0.1) is 18.8 Å². The molecule has 1 amide bonds. The van der Waals surface area contributed by atoms with Crippen LogP contribution in [0.25, 0.3) is 0 Å². The Morgan fingerprint density at radius 1 is 1.38 bits per heavy atom. The number of aromatic nitrogens is 1. The number of rotatable bonds is 2. The van der Waals surface area contributed by atoms with Gasteiger partial charge in [0.25, 0.3) is 0 Å². The van der Waals surface area contributed by atoms with Crippen LogP contribution in [0.1, 0.15) is 51.8 Å². The largest absolute Gasteiger partial charge is 0.481 e. The zero-order valence-electron chi connectivity index (χ0n) is 13.3. The highest BCUT2D eigenvalue weighted by Gasteiger charge is 2.39. The van der Waals surface area contributed by atoms with Crippen LogP contribution in [0.2, 0.25) is 0 Å². The maximum atomic E-state index is 12.6. The van der Waals surface area contributed by atoms with E-state index in [1.165, 1.54) is 0 Å². The Hall–Kier alpha value is -1.62. The standard InChI is InChI=1S/C16H25N3O2/c1-16(2,3)19-14(20)10-5-7-11(17)15(19)12-8-6-9-13(18-12)21-4/h6,8-9,11,15H,5,7,10,17H2,1-4H3. The van der Waals surface area contributed by atoms with Gasteiger partial charge in [-0.3, -0.25) is 4.79 Å². The van der Waals surface area contributed by atoms with Crippen molar-refractivity contribution in [2.45, 2.75) is 57.7 Å². The summed E-state index contributed by atoms with van der Waals surface area (Å²) in [5, 5.41) is 0. The molecule has 2 atom stereocenters. The molecule has 1 saturated heterocycles. The first kappa shape index (κ1) is 15.8. The Morgan fingerprint density at radius 3 is 2.71 bits per heavy atom. The van der Waals surface area contributed by atoms with Gasteiger partial charge in [-0.15, -0.1) is 0 Å². The van der Waals surface area contributed by atoms with Crippen molar-refractivity contribution in [2.75, 3.05) is 7.11 Å². The van der Waals surface area contributed by atoms with E-state index in [4.69, 9.17) is 10.5 Å². The van der Waals surface area contributed by atoms with Crippen molar-refractivity contribution in [1.29, 1.82) is 0 Å². The Labute approximate surface area is 126 Å². The van der Waals surface area contributed by atoms with Crippen LogP contribution in [0, 0.1) is 0 Å². The summed E-state index contributed by atoms with van der Waals surface area (Å²) in [6.45, 7) is 6.11. The summed E-state index contributed by atoms with van der Waals surface area (Å²) in [6, 6.07) is 5.29. The first-order valence-electron chi connectivity index (χ1n) is 7.43. The number of carbonyl (C=O) groups excluding carboxylic acids is 1. The van der Waals surface area contributed by atoms with Gasteiger partial charge in [-0.25, -0.2) is 4.98 Å². The first-order chi connectivity index (χ1) is 9.84. The molecular weight excluding hydrogens is 266 g/mol. The van der Waals surface area contributed by atoms with Crippen LogP contribution in [-0.4, -0.2) is 34.5 Å². The maximum absolute atomic E-state index is 12.6. The van der Waals surface area contributed by atoms with Gasteiger partial charge in [-0.1, -0.05) is 6.07 Å². The summed E-state index contributed by atoms with van der Waals surface area (Å²) >= 11 is 0. The van der Waals surface area contributed by atoms with E-state index < -0.39 is 0 Å². The van der Waals surface area contributed by atoms with Crippen LogP contribution in [0.4, 0.5) is 0 Å². The van der Waals surface area contributed by atoms with Gasteiger partial charge in [0.15, 0.2) is 0 Å². The molecule has 21 heavy (non-hydrogen) atoms. The number of nitrogens with two attached hydrogens (primary N) is 1. The number of likely N-dealkylation sites (tertiary alicyclic amines) is 1. The van der Waals surface area contributed by atoms with Gasteiger partial charge in [0, 0.05) is 24.1 Å². The van der Waals surface area contributed by atoms with Crippen LogP contribution in [0.3, 0.4) is 0 Å². The molecule has 2 rings (SSSR count). The highest BCUT2D eigenvalue weighted by atomic mass is 16.5. The molecule has 1 aromatic rings.